The molecule has 0 aliphatic heterocycles. The van der Waals surface area contributed by atoms with Crippen LogP contribution in [0.15, 0.2) is 77.9 Å². The fourth-order valence-electron chi connectivity index (χ4n) is 2.92. The molecule has 0 fully saturated rings. The van der Waals surface area contributed by atoms with E-state index in [-0.39, 0.29) is 19.0 Å². The molecule has 2 aromatic carbocycles. The van der Waals surface area contributed by atoms with Gasteiger partial charge in [0, 0.05) is 11.1 Å². The van der Waals surface area contributed by atoms with Crippen molar-refractivity contribution >= 4 is 27.4 Å². The van der Waals surface area contributed by atoms with E-state index in [0.29, 0.717) is 29.5 Å². The highest BCUT2D eigenvalue weighted by Crippen LogP contribution is 2.57. The van der Waals surface area contributed by atoms with Crippen LogP contribution in [0.4, 0.5) is 0 Å². The molecule has 194 valence electrons. The molecule has 0 spiro atoms. The summed E-state index contributed by atoms with van der Waals surface area (Å²) >= 11 is 0. The van der Waals surface area contributed by atoms with E-state index >= 15 is 0 Å². The molecule has 1 unspecified atom stereocenters. The molecule has 2 rings (SSSR count). The smallest absolute Gasteiger partial charge is 0.458 e. The highest BCUT2D eigenvalue weighted by Gasteiger charge is 2.31. The number of phosphoric ester groups is 1. The molecule has 36 heavy (non-hydrogen) atoms. The number of benzene rings is 2. The average Bonchev–Trinajstić information content (AvgIpc) is 2.81. The molecule has 0 amide bonds. The molecule has 0 aliphatic rings. The normalized spacial score (nSPS) is 14.2. The van der Waals surface area contributed by atoms with Crippen LogP contribution in [0.25, 0.3) is 0 Å². The van der Waals surface area contributed by atoms with Crippen LogP contribution < -0.4 is 0 Å². The first kappa shape index (κ1) is 29.5. The summed E-state index contributed by atoms with van der Waals surface area (Å²) in [6.07, 6.45) is 4.53. The Morgan fingerprint density at radius 1 is 0.833 bits per heavy atom. The summed E-state index contributed by atoms with van der Waals surface area (Å²) in [5, 5.41) is 0. The van der Waals surface area contributed by atoms with Crippen molar-refractivity contribution in [3.63, 3.8) is 0 Å². The minimum absolute atomic E-state index is 0.0861. The van der Waals surface area contributed by atoms with Crippen LogP contribution in [0.3, 0.4) is 0 Å². The highest BCUT2D eigenvalue weighted by atomic mass is 31.3. The summed E-state index contributed by atoms with van der Waals surface area (Å²) in [5.74, 6) is -0.648. The van der Waals surface area contributed by atoms with E-state index in [4.69, 9.17) is 14.5 Å². The zero-order chi connectivity index (χ0) is 26.8. The monoisotopic (exact) mass is 538 g/mol. The Kier molecular flexibility index (Phi) is 11.1. The number of ether oxygens (including phenoxy) is 1. The lowest BCUT2D eigenvalue weighted by atomic mass is 10.0. The number of carbonyl (C=O) groups excluding carboxylic acids is 2. The number of phosphoric acid groups is 2. The van der Waals surface area contributed by atoms with Gasteiger partial charge in [-0.1, -0.05) is 60.2 Å². The van der Waals surface area contributed by atoms with E-state index < -0.39 is 21.6 Å². The first-order valence-corrected chi connectivity index (χ1v) is 13.8. The lowest BCUT2D eigenvalue weighted by Crippen LogP contribution is -2.08. The lowest BCUT2D eigenvalue weighted by molar-refractivity contribution is 0.0539. The molecule has 2 aromatic rings. The number of hydrogen-bond acceptors (Lipinski definition) is 7. The second kappa shape index (κ2) is 13.6. The van der Waals surface area contributed by atoms with Gasteiger partial charge in [-0.2, -0.15) is 4.31 Å². The van der Waals surface area contributed by atoms with Gasteiger partial charge in [-0.25, -0.2) is 13.9 Å². The Morgan fingerprint density at radius 2 is 1.42 bits per heavy atom. The van der Waals surface area contributed by atoms with Crippen LogP contribution in [-0.2, 0) is 22.7 Å². The molecule has 0 heterocycles. The molecule has 0 saturated carbocycles. The molecular formula is C24H28O10P2. The summed E-state index contributed by atoms with van der Waals surface area (Å²) in [7, 11) is -10.0. The van der Waals surface area contributed by atoms with Crippen molar-refractivity contribution in [2.45, 2.75) is 26.7 Å². The number of ketones is 1. The maximum Gasteiger partial charge on any atom is 0.481 e. The van der Waals surface area contributed by atoms with Gasteiger partial charge in [-0.05, 0) is 44.4 Å². The van der Waals surface area contributed by atoms with Gasteiger partial charge in [0.25, 0.3) is 0 Å². The predicted molar refractivity (Wildman–Crippen MR) is 132 cm³/mol. The summed E-state index contributed by atoms with van der Waals surface area (Å²) in [6.45, 7) is 3.28. The Morgan fingerprint density at radius 3 is 2.03 bits per heavy atom. The van der Waals surface area contributed by atoms with Crippen LogP contribution in [0.5, 0.6) is 0 Å². The second-order valence-electron chi connectivity index (χ2n) is 7.82. The van der Waals surface area contributed by atoms with Crippen LogP contribution in [-0.4, -0.2) is 39.6 Å². The number of rotatable bonds is 13. The first-order valence-electron chi connectivity index (χ1n) is 10.8. The summed E-state index contributed by atoms with van der Waals surface area (Å²) < 4.78 is 35.5. The van der Waals surface area contributed by atoms with Crippen molar-refractivity contribution in [3.8, 4) is 0 Å². The fraction of sp³-hybridized carbons (Fsp3) is 0.250. The van der Waals surface area contributed by atoms with Crippen molar-refractivity contribution < 1.29 is 47.0 Å². The minimum atomic E-state index is -5.15. The maximum atomic E-state index is 12.5. The van der Waals surface area contributed by atoms with Gasteiger partial charge < -0.3 is 19.4 Å². The molecule has 3 N–H and O–H groups in total. The predicted octanol–water partition coefficient (Wildman–Crippen LogP) is 4.97. The molecular weight excluding hydrogens is 510 g/mol. The van der Waals surface area contributed by atoms with Gasteiger partial charge >= 0.3 is 21.6 Å². The van der Waals surface area contributed by atoms with E-state index in [1.54, 1.807) is 62.4 Å². The van der Waals surface area contributed by atoms with Gasteiger partial charge in [0.15, 0.2) is 5.78 Å². The lowest BCUT2D eigenvalue weighted by Gasteiger charge is -2.11. The van der Waals surface area contributed by atoms with E-state index in [1.807, 2.05) is 12.1 Å². The van der Waals surface area contributed by atoms with Crippen molar-refractivity contribution in [1.82, 2.24) is 0 Å². The third kappa shape index (κ3) is 10.9. The molecule has 0 aromatic heterocycles. The third-order valence-corrected chi connectivity index (χ3v) is 6.91. The van der Waals surface area contributed by atoms with Crippen LogP contribution >= 0.6 is 15.6 Å². The van der Waals surface area contributed by atoms with Crippen molar-refractivity contribution in [3.05, 3.63) is 94.6 Å². The molecule has 1 atom stereocenters. The molecule has 0 radical (unpaired) electrons. The molecule has 0 bridgehead atoms. The highest BCUT2D eigenvalue weighted by molar-refractivity contribution is 7.60. The van der Waals surface area contributed by atoms with Crippen LogP contribution in [0.1, 0.15) is 53.0 Å². The third-order valence-electron chi connectivity index (χ3n) is 4.76. The quantitative estimate of drug-likeness (QED) is 0.138. The standard InChI is InChI=1S/C24H28O10P2/c1-18(15-16-33-36(30,31)34-35(27,28)29)7-6-8-19(2)17-32-24(26)22-13-11-21(12-14-22)23(25)20-9-4-3-5-10-20/h3-5,8-15H,6-7,16-17H2,1-2H3,(H,30,31)(H2,27,28,29)/b18-15+,19-8+. The van der Waals surface area contributed by atoms with E-state index in [9.17, 15) is 23.6 Å². The minimum Gasteiger partial charge on any atom is -0.458 e. The van der Waals surface area contributed by atoms with Gasteiger partial charge in [0.2, 0.25) is 0 Å². The summed E-state index contributed by atoms with van der Waals surface area (Å²) in [6, 6.07) is 15.1. The van der Waals surface area contributed by atoms with E-state index in [2.05, 4.69) is 8.83 Å². The van der Waals surface area contributed by atoms with Crippen molar-refractivity contribution in [2.75, 3.05) is 13.2 Å². The molecule has 0 saturated heterocycles. The molecule has 10 nitrogen and oxygen atoms in total. The fourth-order valence-corrected chi connectivity index (χ4v) is 4.44. The Balaban J connectivity index is 1.77. The Hall–Kier alpha value is -2.68. The Bertz CT molecular complexity index is 1200. The largest absolute Gasteiger partial charge is 0.481 e. The Labute approximate surface area is 209 Å². The first-order chi connectivity index (χ1) is 16.9. The number of esters is 1. The molecule has 0 aliphatic carbocycles. The van der Waals surface area contributed by atoms with Gasteiger partial charge in [-0.15, -0.1) is 0 Å². The van der Waals surface area contributed by atoms with Crippen LogP contribution in [0, 0.1) is 0 Å². The van der Waals surface area contributed by atoms with Crippen molar-refractivity contribution in [1.29, 1.82) is 0 Å². The zero-order valence-electron chi connectivity index (χ0n) is 19.8. The van der Waals surface area contributed by atoms with E-state index in [0.717, 1.165) is 11.1 Å². The average molecular weight is 538 g/mol. The van der Waals surface area contributed by atoms with Gasteiger partial charge in [-0.3, -0.25) is 9.32 Å². The van der Waals surface area contributed by atoms with Gasteiger partial charge in [0.1, 0.15) is 6.61 Å². The second-order valence-corrected chi connectivity index (χ2v) is 10.7. The van der Waals surface area contributed by atoms with E-state index in [1.165, 1.54) is 6.08 Å². The topological polar surface area (TPSA) is 157 Å². The number of allylic oxidation sites excluding steroid dienone is 2. The van der Waals surface area contributed by atoms with Crippen LogP contribution in [0.2, 0.25) is 0 Å². The summed E-state index contributed by atoms with van der Waals surface area (Å²) in [5.41, 5.74) is 2.98. The molecule has 12 heteroatoms. The SMILES string of the molecule is C/C(=C\COP(=O)(O)OP(=O)(O)O)CC/C=C(\C)COC(=O)c1ccc(C(=O)c2ccccc2)cc1. The van der Waals surface area contributed by atoms with Crippen molar-refractivity contribution in [2.24, 2.45) is 0 Å². The maximum absolute atomic E-state index is 12.5. The number of carbonyl (C=O) groups is 2. The number of hydrogen-bond donors (Lipinski definition) is 3. The van der Waals surface area contributed by atoms with Gasteiger partial charge in [0.05, 0.1) is 12.2 Å². The summed E-state index contributed by atoms with van der Waals surface area (Å²) in [4.78, 5) is 51.1. The zero-order valence-corrected chi connectivity index (χ0v) is 21.6.